The molecule has 0 atom stereocenters. The zero-order valence-electron chi connectivity index (χ0n) is 12.5. The Hall–Kier alpha value is -1.90. The minimum Gasteiger partial charge on any atom is -0.439 e. The Morgan fingerprint density at radius 1 is 1.26 bits per heavy atom. The van der Waals surface area contributed by atoms with Gasteiger partial charge in [0.1, 0.15) is 11.6 Å². The molecule has 0 unspecified atom stereocenters. The molecule has 0 amide bonds. The molecular weight excluding hydrogens is 410 g/mol. The van der Waals surface area contributed by atoms with Crippen molar-refractivity contribution in [3.05, 3.63) is 54.0 Å². The van der Waals surface area contributed by atoms with Crippen LogP contribution < -0.4 is 15.4 Å². The Morgan fingerprint density at radius 2 is 2.17 bits per heavy atom. The fraction of sp³-hybridized carbons (Fsp3) is 0.250. The van der Waals surface area contributed by atoms with Crippen LogP contribution in [0, 0.1) is 5.82 Å². The molecule has 23 heavy (non-hydrogen) atoms. The third kappa shape index (κ3) is 5.05. The molecule has 7 heteroatoms. The van der Waals surface area contributed by atoms with Crippen LogP contribution in [0.4, 0.5) is 4.39 Å². The Morgan fingerprint density at radius 3 is 2.96 bits per heavy atom. The topological polar surface area (TPSA) is 58.5 Å². The minimum absolute atomic E-state index is 0. The molecule has 0 radical (unpaired) electrons. The molecule has 0 saturated carbocycles. The van der Waals surface area contributed by atoms with Crippen LogP contribution in [0.25, 0.3) is 0 Å². The number of hydrogen-bond donors (Lipinski definition) is 2. The summed E-state index contributed by atoms with van der Waals surface area (Å²) in [6.45, 7) is 2.28. The van der Waals surface area contributed by atoms with Crippen molar-refractivity contribution >= 4 is 29.9 Å². The number of rotatable bonds is 4. The highest BCUT2D eigenvalue weighted by Gasteiger charge is 2.09. The number of guanidine groups is 1. The normalized spacial score (nSPS) is 13.3. The van der Waals surface area contributed by atoms with Gasteiger partial charge in [-0.1, -0.05) is 12.1 Å². The molecule has 0 spiro atoms. The van der Waals surface area contributed by atoms with Crippen LogP contribution in [0.3, 0.4) is 0 Å². The van der Waals surface area contributed by atoms with Crippen LogP contribution in [0.1, 0.15) is 12.0 Å². The van der Waals surface area contributed by atoms with Crippen LogP contribution in [-0.2, 0) is 6.54 Å². The van der Waals surface area contributed by atoms with Gasteiger partial charge in [0.15, 0.2) is 5.96 Å². The van der Waals surface area contributed by atoms with Crippen LogP contribution in [0.5, 0.6) is 11.6 Å². The van der Waals surface area contributed by atoms with Crippen molar-refractivity contribution in [1.29, 1.82) is 0 Å². The summed E-state index contributed by atoms with van der Waals surface area (Å²) in [5, 5.41) is 6.41. The smallest absolute Gasteiger partial charge is 0.224 e. The van der Waals surface area contributed by atoms with Gasteiger partial charge in [-0.3, -0.25) is 4.99 Å². The average molecular weight is 428 g/mol. The number of benzene rings is 1. The molecule has 0 aliphatic carbocycles. The lowest BCUT2D eigenvalue weighted by molar-refractivity contribution is 0.450. The number of aliphatic imine (C=N–C) groups is 1. The maximum atomic E-state index is 13.2. The van der Waals surface area contributed by atoms with Crippen molar-refractivity contribution in [3.63, 3.8) is 0 Å². The predicted molar refractivity (Wildman–Crippen MR) is 97.9 cm³/mol. The SMILES string of the molecule is Fc1cccc(Oc2ncccc2CNC2=NCCCN2)c1.I. The maximum Gasteiger partial charge on any atom is 0.224 e. The number of nitrogens with one attached hydrogen (secondary N) is 2. The molecule has 0 saturated heterocycles. The van der Waals surface area contributed by atoms with Crippen molar-refractivity contribution in [2.45, 2.75) is 13.0 Å². The molecule has 2 heterocycles. The van der Waals surface area contributed by atoms with E-state index in [-0.39, 0.29) is 29.8 Å². The van der Waals surface area contributed by atoms with Crippen molar-refractivity contribution < 1.29 is 9.13 Å². The highest BCUT2D eigenvalue weighted by Crippen LogP contribution is 2.23. The lowest BCUT2D eigenvalue weighted by Crippen LogP contribution is -2.40. The zero-order chi connectivity index (χ0) is 15.2. The minimum atomic E-state index is -0.339. The van der Waals surface area contributed by atoms with Crippen LogP contribution in [0.2, 0.25) is 0 Å². The van der Waals surface area contributed by atoms with Crippen molar-refractivity contribution in [2.24, 2.45) is 4.99 Å². The molecule has 122 valence electrons. The molecule has 0 fully saturated rings. The van der Waals surface area contributed by atoms with Gasteiger partial charge in [-0.2, -0.15) is 0 Å². The first kappa shape index (κ1) is 17.5. The summed E-state index contributed by atoms with van der Waals surface area (Å²) in [4.78, 5) is 8.58. The lowest BCUT2D eigenvalue weighted by atomic mass is 10.2. The van der Waals surface area contributed by atoms with Gasteiger partial charge in [-0.05, 0) is 24.6 Å². The summed E-state index contributed by atoms with van der Waals surface area (Å²) in [5.41, 5.74) is 0.877. The van der Waals surface area contributed by atoms with E-state index < -0.39 is 0 Å². The quantitative estimate of drug-likeness (QED) is 0.736. The Labute approximate surface area is 151 Å². The zero-order valence-corrected chi connectivity index (χ0v) is 14.8. The molecule has 1 aliphatic rings. The summed E-state index contributed by atoms with van der Waals surface area (Å²) < 4.78 is 18.9. The van der Waals surface area contributed by atoms with E-state index in [0.29, 0.717) is 18.2 Å². The number of nitrogens with zero attached hydrogens (tertiary/aromatic N) is 2. The first-order valence-electron chi connectivity index (χ1n) is 7.21. The molecule has 1 aliphatic heterocycles. The molecule has 1 aromatic carbocycles. The molecular formula is C16H18FIN4O. The number of ether oxygens (including phenoxy) is 1. The van der Waals surface area contributed by atoms with Gasteiger partial charge < -0.3 is 15.4 Å². The number of hydrogen-bond acceptors (Lipinski definition) is 5. The van der Waals surface area contributed by atoms with Crippen LogP contribution in [-0.4, -0.2) is 24.0 Å². The molecule has 2 N–H and O–H groups in total. The summed E-state index contributed by atoms with van der Waals surface area (Å²) in [5.74, 6) is 1.32. The third-order valence-electron chi connectivity index (χ3n) is 3.20. The third-order valence-corrected chi connectivity index (χ3v) is 3.20. The van der Waals surface area contributed by atoms with Crippen molar-refractivity contribution in [1.82, 2.24) is 15.6 Å². The molecule has 1 aromatic heterocycles. The lowest BCUT2D eigenvalue weighted by Gasteiger charge is -2.17. The van der Waals surface area contributed by atoms with Crippen LogP contribution >= 0.6 is 24.0 Å². The van der Waals surface area contributed by atoms with Gasteiger partial charge in [0.05, 0.1) is 0 Å². The van der Waals surface area contributed by atoms with E-state index in [0.717, 1.165) is 31.0 Å². The van der Waals surface area contributed by atoms with E-state index in [1.165, 1.54) is 12.1 Å². The number of aromatic nitrogens is 1. The summed E-state index contributed by atoms with van der Waals surface area (Å²) in [6, 6.07) is 9.76. The summed E-state index contributed by atoms with van der Waals surface area (Å²) in [6.07, 6.45) is 2.69. The Kier molecular flexibility index (Phi) is 6.57. The van der Waals surface area contributed by atoms with E-state index in [2.05, 4.69) is 20.6 Å². The summed E-state index contributed by atoms with van der Waals surface area (Å²) in [7, 11) is 0. The monoisotopic (exact) mass is 428 g/mol. The van der Waals surface area contributed by atoms with Gasteiger partial charge in [0, 0.05) is 37.5 Å². The fourth-order valence-electron chi connectivity index (χ4n) is 2.12. The standard InChI is InChI=1S/C16H17FN4O.HI/c17-13-5-1-6-14(10-13)22-15-12(4-2-7-18-15)11-21-16-19-8-3-9-20-16;/h1-2,4-7,10H,3,8-9,11H2,(H2,19,20,21);1H. The highest BCUT2D eigenvalue weighted by molar-refractivity contribution is 14.0. The largest absolute Gasteiger partial charge is 0.439 e. The highest BCUT2D eigenvalue weighted by atomic mass is 127. The Bertz CT molecular complexity index is 681. The van der Waals surface area contributed by atoms with Gasteiger partial charge in [-0.15, -0.1) is 24.0 Å². The fourth-order valence-corrected chi connectivity index (χ4v) is 2.12. The van der Waals surface area contributed by atoms with E-state index in [1.54, 1.807) is 18.3 Å². The second-order valence-corrected chi connectivity index (χ2v) is 4.89. The second kappa shape index (κ2) is 8.66. The molecule has 5 nitrogen and oxygen atoms in total. The van der Waals surface area contributed by atoms with E-state index >= 15 is 0 Å². The first-order chi connectivity index (χ1) is 10.8. The second-order valence-electron chi connectivity index (χ2n) is 4.89. The maximum absolute atomic E-state index is 13.2. The molecule has 2 aromatic rings. The number of pyridine rings is 1. The van der Waals surface area contributed by atoms with Gasteiger partial charge in [-0.25, -0.2) is 9.37 Å². The van der Waals surface area contributed by atoms with Crippen molar-refractivity contribution in [3.8, 4) is 11.6 Å². The Balaban J connectivity index is 0.00000192. The van der Waals surface area contributed by atoms with E-state index in [1.807, 2.05) is 12.1 Å². The molecule has 0 bridgehead atoms. The first-order valence-corrected chi connectivity index (χ1v) is 7.21. The van der Waals surface area contributed by atoms with Crippen LogP contribution in [0.15, 0.2) is 47.6 Å². The number of halogens is 2. The predicted octanol–water partition coefficient (Wildman–Crippen LogP) is 3.07. The van der Waals surface area contributed by atoms with E-state index in [4.69, 9.17) is 4.74 Å². The van der Waals surface area contributed by atoms with Gasteiger partial charge in [0.25, 0.3) is 0 Å². The van der Waals surface area contributed by atoms with Gasteiger partial charge in [0.2, 0.25) is 5.88 Å². The van der Waals surface area contributed by atoms with E-state index in [9.17, 15) is 4.39 Å². The van der Waals surface area contributed by atoms with Crippen molar-refractivity contribution in [2.75, 3.05) is 13.1 Å². The average Bonchev–Trinajstić information content (AvgIpc) is 2.55. The molecule has 3 rings (SSSR count). The summed E-state index contributed by atoms with van der Waals surface area (Å²) >= 11 is 0. The van der Waals surface area contributed by atoms with Gasteiger partial charge >= 0.3 is 0 Å².